The average Bonchev–Trinajstić information content (AvgIpc) is 2.77. The number of carbonyl (C=O) groups is 2. The molecule has 1 aromatic heterocycles. The molecule has 0 aliphatic carbocycles. The van der Waals surface area contributed by atoms with E-state index < -0.39 is 17.7 Å². The number of hydrogen-bond acceptors (Lipinski definition) is 5. The molecule has 0 saturated carbocycles. The Labute approximate surface area is 176 Å². The van der Waals surface area contributed by atoms with E-state index in [0.29, 0.717) is 25.9 Å². The van der Waals surface area contributed by atoms with E-state index in [1.807, 2.05) is 37.3 Å². The van der Waals surface area contributed by atoms with Crippen molar-refractivity contribution in [3.05, 3.63) is 65.5 Å². The zero-order chi connectivity index (χ0) is 21.3. The maximum atomic E-state index is 13.4. The third kappa shape index (κ3) is 3.70. The van der Waals surface area contributed by atoms with Gasteiger partial charge in [-0.1, -0.05) is 30.3 Å². The second kappa shape index (κ2) is 8.16. The quantitative estimate of drug-likeness (QED) is 0.836. The molecular formula is C23H27N3O4. The van der Waals surface area contributed by atoms with Crippen LogP contribution in [0.4, 0.5) is 0 Å². The lowest BCUT2D eigenvalue weighted by atomic mass is 9.85. The van der Waals surface area contributed by atoms with Crippen LogP contribution in [0.25, 0.3) is 0 Å². The van der Waals surface area contributed by atoms with Crippen LogP contribution < -0.4 is 0 Å². The molecule has 2 aliphatic rings. The third-order valence-corrected chi connectivity index (χ3v) is 6.34. The van der Waals surface area contributed by atoms with Gasteiger partial charge in [-0.05, 0) is 37.0 Å². The normalized spacial score (nSPS) is 24.0. The molecule has 2 aliphatic heterocycles. The molecule has 2 aromatic rings. The van der Waals surface area contributed by atoms with Gasteiger partial charge in [-0.2, -0.15) is 0 Å². The minimum Gasteiger partial charge on any atom is -0.385 e. The molecule has 3 heterocycles. The number of likely N-dealkylation sites (tertiary alicyclic amines) is 1. The fraction of sp³-hybridized carbons (Fsp3) is 0.435. The number of rotatable bonds is 3. The van der Waals surface area contributed by atoms with Crippen LogP contribution in [0.15, 0.2) is 48.8 Å². The summed E-state index contributed by atoms with van der Waals surface area (Å²) in [6, 6.07) is 11.0. The SMILES string of the molecule is Cc1ccccc1[C@@H]1[C@@H](C(=O)N2CCC(O)(c3cccnc3)CC2)OCC(=O)N1C. The van der Waals surface area contributed by atoms with Gasteiger partial charge < -0.3 is 19.6 Å². The molecule has 0 unspecified atom stereocenters. The second-order valence-electron chi connectivity index (χ2n) is 8.14. The molecule has 4 rings (SSSR count). The average molecular weight is 409 g/mol. The first-order valence-corrected chi connectivity index (χ1v) is 10.3. The number of aryl methyl sites for hydroxylation is 1. The van der Waals surface area contributed by atoms with Gasteiger partial charge in [-0.25, -0.2) is 0 Å². The van der Waals surface area contributed by atoms with E-state index in [2.05, 4.69) is 4.98 Å². The maximum Gasteiger partial charge on any atom is 0.254 e. The maximum absolute atomic E-state index is 13.4. The zero-order valence-electron chi connectivity index (χ0n) is 17.3. The minimum atomic E-state index is -0.985. The van der Waals surface area contributed by atoms with Crippen molar-refractivity contribution >= 4 is 11.8 Å². The summed E-state index contributed by atoms with van der Waals surface area (Å²) in [4.78, 5) is 33.2. The van der Waals surface area contributed by atoms with Crippen molar-refractivity contribution in [3.8, 4) is 0 Å². The number of carbonyl (C=O) groups excluding carboxylic acids is 2. The van der Waals surface area contributed by atoms with Crippen LogP contribution in [0, 0.1) is 6.92 Å². The van der Waals surface area contributed by atoms with Gasteiger partial charge in [0.25, 0.3) is 5.91 Å². The highest BCUT2D eigenvalue weighted by atomic mass is 16.5. The van der Waals surface area contributed by atoms with Crippen LogP contribution in [0.3, 0.4) is 0 Å². The summed E-state index contributed by atoms with van der Waals surface area (Å²) in [5.74, 6) is -0.285. The number of hydrogen-bond donors (Lipinski definition) is 1. The number of amides is 2. The van der Waals surface area contributed by atoms with Gasteiger partial charge in [0.15, 0.2) is 6.10 Å². The summed E-state index contributed by atoms with van der Waals surface area (Å²) < 4.78 is 5.78. The molecule has 2 saturated heterocycles. The van der Waals surface area contributed by atoms with Gasteiger partial charge in [0.2, 0.25) is 5.91 Å². The summed E-state index contributed by atoms with van der Waals surface area (Å²) in [7, 11) is 1.72. The predicted molar refractivity (Wildman–Crippen MR) is 110 cm³/mol. The van der Waals surface area contributed by atoms with E-state index in [4.69, 9.17) is 4.74 Å². The molecule has 30 heavy (non-hydrogen) atoms. The summed E-state index contributed by atoms with van der Waals surface area (Å²) in [5.41, 5.74) is 1.71. The van der Waals surface area contributed by atoms with Gasteiger partial charge in [0, 0.05) is 38.1 Å². The van der Waals surface area contributed by atoms with Crippen LogP contribution in [-0.4, -0.2) is 64.6 Å². The van der Waals surface area contributed by atoms with Gasteiger partial charge in [-0.3, -0.25) is 14.6 Å². The minimum absolute atomic E-state index is 0.108. The fourth-order valence-corrected chi connectivity index (χ4v) is 4.41. The molecule has 7 heteroatoms. The number of ether oxygens (including phenoxy) is 1. The van der Waals surface area contributed by atoms with Crippen molar-refractivity contribution < 1.29 is 19.4 Å². The lowest BCUT2D eigenvalue weighted by Crippen LogP contribution is -2.56. The summed E-state index contributed by atoms with van der Waals surface area (Å²) >= 11 is 0. The molecule has 158 valence electrons. The molecule has 0 radical (unpaired) electrons. The van der Waals surface area contributed by atoms with Gasteiger partial charge >= 0.3 is 0 Å². The van der Waals surface area contributed by atoms with Gasteiger partial charge in [0.1, 0.15) is 6.61 Å². The number of aliphatic hydroxyl groups is 1. The highest BCUT2D eigenvalue weighted by Gasteiger charge is 2.44. The van der Waals surface area contributed by atoms with Crippen LogP contribution in [0.5, 0.6) is 0 Å². The first kappa shape index (κ1) is 20.5. The van der Waals surface area contributed by atoms with Crippen molar-refractivity contribution in [2.45, 2.75) is 37.5 Å². The van der Waals surface area contributed by atoms with E-state index in [0.717, 1.165) is 16.7 Å². The van der Waals surface area contributed by atoms with Crippen molar-refractivity contribution in [2.75, 3.05) is 26.7 Å². The van der Waals surface area contributed by atoms with E-state index in [9.17, 15) is 14.7 Å². The number of nitrogens with zero attached hydrogens (tertiary/aromatic N) is 3. The zero-order valence-corrected chi connectivity index (χ0v) is 17.3. The number of benzene rings is 1. The number of likely N-dealkylation sites (N-methyl/N-ethyl adjacent to an activating group) is 1. The van der Waals surface area contributed by atoms with Crippen LogP contribution >= 0.6 is 0 Å². The third-order valence-electron chi connectivity index (χ3n) is 6.34. The Bertz CT molecular complexity index is 925. The molecule has 2 atom stereocenters. The Hall–Kier alpha value is -2.77. The number of morpholine rings is 1. The fourth-order valence-electron chi connectivity index (χ4n) is 4.41. The monoisotopic (exact) mass is 409 g/mol. The lowest BCUT2D eigenvalue weighted by molar-refractivity contribution is -0.169. The van der Waals surface area contributed by atoms with Crippen LogP contribution in [-0.2, 0) is 19.9 Å². The number of aromatic nitrogens is 1. The van der Waals surface area contributed by atoms with Crippen molar-refractivity contribution in [1.29, 1.82) is 0 Å². The molecule has 2 amide bonds. The topological polar surface area (TPSA) is 83.0 Å². The molecule has 2 fully saturated rings. The molecule has 1 N–H and O–H groups in total. The second-order valence-corrected chi connectivity index (χ2v) is 8.14. The highest BCUT2D eigenvalue weighted by Crippen LogP contribution is 2.35. The van der Waals surface area contributed by atoms with Crippen molar-refractivity contribution in [2.24, 2.45) is 0 Å². The Morgan fingerprint density at radius 2 is 1.93 bits per heavy atom. The Morgan fingerprint density at radius 1 is 1.20 bits per heavy atom. The summed E-state index contributed by atoms with van der Waals surface area (Å²) in [6.07, 6.45) is 3.45. The van der Waals surface area contributed by atoms with Crippen molar-refractivity contribution in [1.82, 2.24) is 14.8 Å². The highest BCUT2D eigenvalue weighted by molar-refractivity contribution is 5.86. The molecule has 0 bridgehead atoms. The van der Waals surface area contributed by atoms with Gasteiger partial charge in [0.05, 0.1) is 11.6 Å². The Kier molecular flexibility index (Phi) is 5.58. The smallest absolute Gasteiger partial charge is 0.254 e. The number of pyridine rings is 1. The van der Waals surface area contributed by atoms with Gasteiger partial charge in [-0.15, -0.1) is 0 Å². The van der Waals surface area contributed by atoms with Crippen LogP contribution in [0.2, 0.25) is 0 Å². The van der Waals surface area contributed by atoms with Crippen molar-refractivity contribution in [3.63, 3.8) is 0 Å². The Morgan fingerprint density at radius 3 is 2.60 bits per heavy atom. The number of piperidine rings is 1. The summed E-state index contributed by atoms with van der Waals surface area (Å²) in [6.45, 7) is 2.70. The molecule has 1 aromatic carbocycles. The Balaban J connectivity index is 1.53. The van der Waals surface area contributed by atoms with E-state index in [1.54, 1.807) is 35.3 Å². The molecule has 7 nitrogen and oxygen atoms in total. The van der Waals surface area contributed by atoms with E-state index >= 15 is 0 Å². The standard InChI is InChI=1S/C23H27N3O4/c1-16-6-3-4-8-18(16)20-21(30-15-19(27)25(20)2)22(28)26-12-9-23(29,10-13-26)17-7-5-11-24-14-17/h3-8,11,14,20-21,29H,9-10,12-13,15H2,1-2H3/t20-,21+/m1/s1. The largest absolute Gasteiger partial charge is 0.385 e. The lowest BCUT2D eigenvalue weighted by Gasteiger charge is -2.43. The molecular weight excluding hydrogens is 382 g/mol. The first-order chi connectivity index (χ1) is 14.4. The molecule has 0 spiro atoms. The first-order valence-electron chi connectivity index (χ1n) is 10.3. The summed E-state index contributed by atoms with van der Waals surface area (Å²) in [5, 5.41) is 11.0. The van der Waals surface area contributed by atoms with E-state index in [1.165, 1.54) is 0 Å². The van der Waals surface area contributed by atoms with Crippen LogP contribution in [0.1, 0.15) is 35.6 Å². The van der Waals surface area contributed by atoms with E-state index in [-0.39, 0.29) is 18.4 Å². The predicted octanol–water partition coefficient (Wildman–Crippen LogP) is 1.80.